The van der Waals surface area contributed by atoms with E-state index >= 15 is 0 Å². The molecule has 0 fully saturated rings. The molecule has 0 aliphatic rings. The van der Waals surface area contributed by atoms with E-state index in [2.05, 4.69) is 10.4 Å². The van der Waals surface area contributed by atoms with Gasteiger partial charge >= 0.3 is 0 Å². The molecule has 1 aromatic carbocycles. The van der Waals surface area contributed by atoms with Crippen LogP contribution in [0.3, 0.4) is 0 Å². The molecule has 24 heavy (non-hydrogen) atoms. The molecule has 0 aliphatic heterocycles. The summed E-state index contributed by atoms with van der Waals surface area (Å²) in [4.78, 5) is 16.8. The first-order chi connectivity index (χ1) is 10.9. The molecular formula is C19H27N3O2. The first kappa shape index (κ1) is 18.0. The van der Waals surface area contributed by atoms with Crippen LogP contribution in [-0.2, 0) is 10.8 Å². The number of aromatic hydroxyl groups is 1. The van der Waals surface area contributed by atoms with Gasteiger partial charge in [-0.25, -0.2) is 9.66 Å². The second-order valence-electron chi connectivity index (χ2n) is 8.21. The smallest absolute Gasteiger partial charge is 0.270 e. The van der Waals surface area contributed by atoms with E-state index in [9.17, 15) is 9.90 Å². The number of imidazole rings is 1. The summed E-state index contributed by atoms with van der Waals surface area (Å²) < 4.78 is 1.59. The zero-order valence-electron chi connectivity index (χ0n) is 15.6. The molecule has 1 aromatic heterocycles. The molecule has 0 radical (unpaired) electrons. The Morgan fingerprint density at radius 1 is 1.08 bits per heavy atom. The van der Waals surface area contributed by atoms with Gasteiger partial charge in [0.25, 0.3) is 5.91 Å². The van der Waals surface area contributed by atoms with Gasteiger partial charge in [-0.1, -0.05) is 41.5 Å². The van der Waals surface area contributed by atoms with Gasteiger partial charge in [-0.2, -0.15) is 0 Å². The SMILES string of the molecule is Cc1nccn1NC(=O)c1cc(C(C)(C)C)c(O)c(C(C)(C)C)c1. The van der Waals surface area contributed by atoms with Crippen LogP contribution >= 0.6 is 0 Å². The van der Waals surface area contributed by atoms with Crippen molar-refractivity contribution >= 4 is 5.91 Å². The number of nitrogens with zero attached hydrogens (tertiary/aromatic N) is 2. The highest BCUT2D eigenvalue weighted by Crippen LogP contribution is 2.39. The van der Waals surface area contributed by atoms with Crippen molar-refractivity contribution in [3.05, 3.63) is 47.0 Å². The molecule has 0 spiro atoms. The van der Waals surface area contributed by atoms with Crippen LogP contribution in [0.2, 0.25) is 0 Å². The van der Waals surface area contributed by atoms with Crippen LogP contribution in [0.25, 0.3) is 0 Å². The summed E-state index contributed by atoms with van der Waals surface area (Å²) in [5, 5.41) is 10.7. The van der Waals surface area contributed by atoms with Crippen molar-refractivity contribution in [2.24, 2.45) is 0 Å². The third-order valence-electron chi connectivity index (χ3n) is 4.04. The lowest BCUT2D eigenvalue weighted by Crippen LogP contribution is -2.25. The van der Waals surface area contributed by atoms with E-state index in [0.29, 0.717) is 11.4 Å². The number of phenols is 1. The Morgan fingerprint density at radius 2 is 1.58 bits per heavy atom. The number of hydrogen-bond acceptors (Lipinski definition) is 3. The molecule has 5 nitrogen and oxygen atoms in total. The summed E-state index contributed by atoms with van der Waals surface area (Å²) in [6, 6.07) is 3.54. The molecule has 1 amide bonds. The minimum absolute atomic E-state index is 0.230. The highest BCUT2D eigenvalue weighted by Gasteiger charge is 2.27. The Kier molecular flexibility index (Phi) is 4.48. The van der Waals surface area contributed by atoms with Gasteiger partial charge in [-0.3, -0.25) is 10.2 Å². The zero-order chi connectivity index (χ0) is 18.3. The number of phenolic OH excluding ortho intramolecular Hbond substituents is 1. The number of carbonyl (C=O) groups is 1. The fourth-order valence-electron chi connectivity index (χ4n) is 2.58. The van der Waals surface area contributed by atoms with Crippen molar-refractivity contribution in [1.29, 1.82) is 0 Å². The van der Waals surface area contributed by atoms with Crippen LogP contribution in [0, 0.1) is 6.92 Å². The van der Waals surface area contributed by atoms with E-state index in [0.717, 1.165) is 11.1 Å². The average Bonchev–Trinajstić information content (AvgIpc) is 2.81. The van der Waals surface area contributed by atoms with Crippen molar-refractivity contribution in [1.82, 2.24) is 9.66 Å². The predicted molar refractivity (Wildman–Crippen MR) is 96.2 cm³/mol. The first-order valence-electron chi connectivity index (χ1n) is 8.10. The average molecular weight is 329 g/mol. The van der Waals surface area contributed by atoms with Gasteiger partial charge < -0.3 is 5.11 Å². The van der Waals surface area contributed by atoms with Crippen LogP contribution in [0.4, 0.5) is 0 Å². The Bertz CT molecular complexity index is 727. The monoisotopic (exact) mass is 329 g/mol. The number of benzene rings is 1. The highest BCUT2D eigenvalue weighted by atomic mass is 16.3. The van der Waals surface area contributed by atoms with Gasteiger partial charge in [-0.15, -0.1) is 0 Å². The first-order valence-corrected chi connectivity index (χ1v) is 8.10. The molecule has 1 heterocycles. The Hall–Kier alpha value is -2.30. The standard InChI is InChI=1S/C19H27N3O2/c1-12-20-8-9-22(12)21-17(24)13-10-14(18(2,3)4)16(23)15(11-13)19(5,6)7/h8-11,23H,1-7H3,(H,21,24). The third kappa shape index (κ3) is 3.61. The lowest BCUT2D eigenvalue weighted by Gasteiger charge is -2.28. The maximum atomic E-state index is 12.7. The van der Waals surface area contributed by atoms with Gasteiger partial charge in [0.05, 0.1) is 0 Å². The molecule has 0 aliphatic carbocycles. The molecule has 130 valence electrons. The fourth-order valence-corrected chi connectivity index (χ4v) is 2.58. The Morgan fingerprint density at radius 3 is 1.96 bits per heavy atom. The van der Waals surface area contributed by atoms with E-state index in [-0.39, 0.29) is 22.5 Å². The molecule has 0 unspecified atom stereocenters. The molecule has 2 aromatic rings. The molecule has 0 atom stereocenters. The van der Waals surface area contributed by atoms with Crippen LogP contribution in [-0.4, -0.2) is 20.7 Å². The highest BCUT2D eigenvalue weighted by molar-refractivity contribution is 6.00. The number of aromatic nitrogens is 2. The summed E-state index contributed by atoms with van der Waals surface area (Å²) in [6.45, 7) is 14.0. The third-order valence-corrected chi connectivity index (χ3v) is 4.04. The van der Waals surface area contributed by atoms with E-state index in [1.807, 2.05) is 48.5 Å². The molecule has 0 saturated carbocycles. The van der Waals surface area contributed by atoms with Crippen molar-refractivity contribution in [2.75, 3.05) is 5.43 Å². The van der Waals surface area contributed by atoms with Crippen LogP contribution in [0.1, 0.15) is 68.9 Å². The molecule has 0 saturated heterocycles. The van der Waals surface area contributed by atoms with Crippen molar-refractivity contribution < 1.29 is 9.90 Å². The minimum Gasteiger partial charge on any atom is -0.507 e. The second kappa shape index (κ2) is 5.96. The van der Waals surface area contributed by atoms with Gasteiger partial charge in [0.1, 0.15) is 11.6 Å². The van der Waals surface area contributed by atoms with Gasteiger partial charge in [0.15, 0.2) is 0 Å². The largest absolute Gasteiger partial charge is 0.507 e. The summed E-state index contributed by atoms with van der Waals surface area (Å²) in [5.41, 5.74) is 4.33. The molecule has 2 N–H and O–H groups in total. The second-order valence-corrected chi connectivity index (χ2v) is 8.21. The summed E-state index contributed by atoms with van der Waals surface area (Å²) in [5.74, 6) is 0.742. The number of nitrogens with one attached hydrogen (secondary N) is 1. The lowest BCUT2D eigenvalue weighted by molar-refractivity contribution is 0.101. The topological polar surface area (TPSA) is 67.2 Å². The molecule has 0 bridgehead atoms. The number of hydrogen-bond donors (Lipinski definition) is 2. The summed E-state index contributed by atoms with van der Waals surface area (Å²) in [7, 11) is 0. The van der Waals surface area contributed by atoms with Crippen molar-refractivity contribution in [2.45, 2.75) is 59.3 Å². The van der Waals surface area contributed by atoms with E-state index in [1.165, 1.54) is 0 Å². The molecule has 5 heteroatoms. The van der Waals surface area contributed by atoms with E-state index in [1.54, 1.807) is 29.2 Å². The maximum Gasteiger partial charge on any atom is 0.270 e. The quantitative estimate of drug-likeness (QED) is 0.879. The van der Waals surface area contributed by atoms with E-state index < -0.39 is 0 Å². The molecule has 2 rings (SSSR count). The molecular weight excluding hydrogens is 302 g/mol. The predicted octanol–water partition coefficient (Wildman–Crippen LogP) is 3.88. The number of carbonyl (C=O) groups excluding carboxylic acids is 1. The number of rotatable bonds is 2. The normalized spacial score (nSPS) is 12.3. The summed E-state index contributed by atoms with van der Waals surface area (Å²) >= 11 is 0. The van der Waals surface area contributed by atoms with Crippen LogP contribution in [0.5, 0.6) is 5.75 Å². The lowest BCUT2D eigenvalue weighted by atomic mass is 9.78. The fraction of sp³-hybridized carbons (Fsp3) is 0.474. The zero-order valence-corrected chi connectivity index (χ0v) is 15.6. The van der Waals surface area contributed by atoms with Gasteiger partial charge in [0.2, 0.25) is 0 Å². The maximum absolute atomic E-state index is 12.7. The Labute approximate surface area is 143 Å². The summed E-state index contributed by atoms with van der Waals surface area (Å²) in [6.07, 6.45) is 3.33. The van der Waals surface area contributed by atoms with Crippen molar-refractivity contribution in [3.8, 4) is 5.75 Å². The van der Waals surface area contributed by atoms with Gasteiger partial charge in [-0.05, 0) is 29.9 Å². The van der Waals surface area contributed by atoms with Crippen LogP contribution in [0.15, 0.2) is 24.5 Å². The van der Waals surface area contributed by atoms with Crippen molar-refractivity contribution in [3.63, 3.8) is 0 Å². The Balaban J connectivity index is 2.54. The van der Waals surface area contributed by atoms with Gasteiger partial charge in [0, 0.05) is 29.1 Å². The van der Waals surface area contributed by atoms with Crippen LogP contribution < -0.4 is 5.43 Å². The number of amides is 1. The number of aryl methyl sites for hydroxylation is 1. The minimum atomic E-state index is -0.273. The van der Waals surface area contributed by atoms with E-state index in [4.69, 9.17) is 0 Å².